The van der Waals surface area contributed by atoms with Gasteiger partial charge in [0.05, 0.1) is 17.1 Å². The molecule has 1 atom stereocenters. The van der Waals surface area contributed by atoms with Gasteiger partial charge in [-0.15, -0.1) is 11.6 Å². The molecule has 15 heavy (non-hydrogen) atoms. The number of halogens is 2. The predicted molar refractivity (Wildman–Crippen MR) is 64.4 cm³/mol. The molecule has 0 aliphatic carbocycles. The van der Waals surface area contributed by atoms with Crippen LogP contribution in [0.15, 0.2) is 16.9 Å². The number of rotatable bonds is 6. The molecule has 1 aromatic heterocycles. The number of alkyl halides is 1. The lowest BCUT2D eigenvalue weighted by atomic mass is 10.2. The Morgan fingerprint density at radius 1 is 1.53 bits per heavy atom. The summed E-state index contributed by atoms with van der Waals surface area (Å²) in [6.07, 6.45) is 4.20. The van der Waals surface area contributed by atoms with Crippen LogP contribution in [0.5, 0.6) is 0 Å². The Bertz CT molecular complexity index is 277. The third kappa shape index (κ3) is 4.77. The van der Waals surface area contributed by atoms with Crippen LogP contribution in [0.1, 0.15) is 6.42 Å². The van der Waals surface area contributed by atoms with Gasteiger partial charge in [-0.05, 0) is 22.4 Å². The summed E-state index contributed by atoms with van der Waals surface area (Å²) in [5.74, 6) is 1.17. The lowest BCUT2D eigenvalue weighted by Crippen LogP contribution is -2.26. The van der Waals surface area contributed by atoms with Gasteiger partial charge in [-0.25, -0.2) is 9.97 Å². The molecule has 1 rings (SSSR count). The van der Waals surface area contributed by atoms with Crippen LogP contribution >= 0.6 is 27.5 Å². The molecule has 1 aromatic rings. The first kappa shape index (κ1) is 12.7. The first-order valence-corrected chi connectivity index (χ1v) is 5.88. The quantitative estimate of drug-likeness (QED) is 0.818. The van der Waals surface area contributed by atoms with Crippen LogP contribution in [0.3, 0.4) is 0 Å². The second kappa shape index (κ2) is 6.98. The minimum absolute atomic E-state index is 0.147. The van der Waals surface area contributed by atoms with Gasteiger partial charge >= 0.3 is 0 Å². The maximum Gasteiger partial charge on any atom is 0.222 e. The summed E-state index contributed by atoms with van der Waals surface area (Å²) >= 11 is 8.95. The van der Waals surface area contributed by atoms with E-state index in [1.165, 1.54) is 0 Å². The second-order valence-electron chi connectivity index (χ2n) is 3.00. The van der Waals surface area contributed by atoms with Crippen LogP contribution in [-0.4, -0.2) is 35.6 Å². The van der Waals surface area contributed by atoms with E-state index in [-0.39, 0.29) is 6.04 Å². The van der Waals surface area contributed by atoms with Gasteiger partial charge in [-0.1, -0.05) is 0 Å². The molecule has 0 saturated heterocycles. The number of hydrogen-bond acceptors (Lipinski definition) is 4. The van der Waals surface area contributed by atoms with Crippen molar-refractivity contribution in [3.63, 3.8) is 0 Å². The molecule has 0 aromatic carbocycles. The molecule has 6 heteroatoms. The zero-order valence-electron chi connectivity index (χ0n) is 8.41. The van der Waals surface area contributed by atoms with E-state index in [1.54, 1.807) is 19.5 Å². The molecule has 1 unspecified atom stereocenters. The van der Waals surface area contributed by atoms with E-state index in [4.69, 9.17) is 16.3 Å². The van der Waals surface area contributed by atoms with Crippen LogP contribution in [0.4, 0.5) is 5.95 Å². The van der Waals surface area contributed by atoms with E-state index < -0.39 is 0 Å². The lowest BCUT2D eigenvalue weighted by molar-refractivity contribution is 0.184. The van der Waals surface area contributed by atoms with E-state index in [0.717, 1.165) is 10.9 Å². The summed E-state index contributed by atoms with van der Waals surface area (Å²) in [5.41, 5.74) is 0. The molecule has 1 heterocycles. The van der Waals surface area contributed by atoms with Crippen molar-refractivity contribution in [3.8, 4) is 0 Å². The van der Waals surface area contributed by atoms with E-state index >= 15 is 0 Å². The van der Waals surface area contributed by atoms with Crippen LogP contribution in [0, 0.1) is 0 Å². The zero-order chi connectivity index (χ0) is 11.1. The normalized spacial score (nSPS) is 12.5. The molecule has 0 spiro atoms. The Labute approximate surface area is 103 Å². The number of hydrogen-bond donors (Lipinski definition) is 1. The zero-order valence-corrected chi connectivity index (χ0v) is 10.8. The van der Waals surface area contributed by atoms with Gasteiger partial charge in [0.1, 0.15) is 0 Å². The number of nitrogens with zero attached hydrogens (tertiary/aromatic N) is 2. The Morgan fingerprint density at radius 2 is 2.20 bits per heavy atom. The highest BCUT2D eigenvalue weighted by Gasteiger charge is 2.08. The van der Waals surface area contributed by atoms with Gasteiger partial charge < -0.3 is 10.1 Å². The monoisotopic (exact) mass is 293 g/mol. The van der Waals surface area contributed by atoms with Crippen molar-refractivity contribution in [3.05, 3.63) is 16.9 Å². The summed E-state index contributed by atoms with van der Waals surface area (Å²) in [6.45, 7) is 0.589. The molecule has 1 N–H and O–H groups in total. The first-order valence-electron chi connectivity index (χ1n) is 4.55. The Kier molecular flexibility index (Phi) is 5.90. The number of methoxy groups -OCH3 is 1. The maximum absolute atomic E-state index is 5.68. The van der Waals surface area contributed by atoms with Crippen molar-refractivity contribution in [1.29, 1.82) is 0 Å². The van der Waals surface area contributed by atoms with Crippen molar-refractivity contribution in [2.24, 2.45) is 0 Å². The third-order valence-electron chi connectivity index (χ3n) is 1.78. The van der Waals surface area contributed by atoms with Crippen LogP contribution in [0.2, 0.25) is 0 Å². The van der Waals surface area contributed by atoms with E-state index in [0.29, 0.717) is 18.4 Å². The molecule has 0 aliphatic rings. The largest absolute Gasteiger partial charge is 0.383 e. The Hall–Kier alpha value is -0.390. The van der Waals surface area contributed by atoms with Gasteiger partial charge in [0.2, 0.25) is 5.95 Å². The summed E-state index contributed by atoms with van der Waals surface area (Å²) in [6, 6.07) is 0.147. The molecule has 84 valence electrons. The molecule has 0 radical (unpaired) electrons. The summed E-state index contributed by atoms with van der Waals surface area (Å²) in [5, 5.41) is 3.16. The van der Waals surface area contributed by atoms with Gasteiger partial charge in [-0.3, -0.25) is 0 Å². The fraction of sp³-hybridized carbons (Fsp3) is 0.556. The standard InChI is InChI=1S/C9H13BrClN3O/c1-15-6-8(2-3-11)14-9-12-4-7(10)5-13-9/h4-5,8H,2-3,6H2,1H3,(H,12,13,14). The predicted octanol–water partition coefficient (Wildman–Crippen LogP) is 2.29. The van der Waals surface area contributed by atoms with E-state index in [1.807, 2.05) is 0 Å². The smallest absolute Gasteiger partial charge is 0.222 e. The highest BCUT2D eigenvalue weighted by molar-refractivity contribution is 9.10. The Morgan fingerprint density at radius 3 is 2.73 bits per heavy atom. The van der Waals surface area contributed by atoms with Crippen LogP contribution in [-0.2, 0) is 4.74 Å². The van der Waals surface area contributed by atoms with Gasteiger partial charge in [0, 0.05) is 25.4 Å². The van der Waals surface area contributed by atoms with Gasteiger partial charge in [-0.2, -0.15) is 0 Å². The molecule has 0 bridgehead atoms. The maximum atomic E-state index is 5.68. The highest BCUT2D eigenvalue weighted by Crippen LogP contribution is 2.09. The van der Waals surface area contributed by atoms with Crippen molar-refractivity contribution >= 4 is 33.5 Å². The van der Waals surface area contributed by atoms with Gasteiger partial charge in [0.25, 0.3) is 0 Å². The van der Waals surface area contributed by atoms with E-state index in [9.17, 15) is 0 Å². The van der Waals surface area contributed by atoms with E-state index in [2.05, 4.69) is 31.2 Å². The number of nitrogens with one attached hydrogen (secondary N) is 1. The van der Waals surface area contributed by atoms with Crippen molar-refractivity contribution < 1.29 is 4.74 Å². The second-order valence-corrected chi connectivity index (χ2v) is 4.29. The molecule has 0 amide bonds. The fourth-order valence-electron chi connectivity index (χ4n) is 1.10. The summed E-state index contributed by atoms with van der Waals surface area (Å²) in [7, 11) is 1.66. The summed E-state index contributed by atoms with van der Waals surface area (Å²) in [4.78, 5) is 8.23. The van der Waals surface area contributed by atoms with Gasteiger partial charge in [0.15, 0.2) is 0 Å². The van der Waals surface area contributed by atoms with Crippen molar-refractivity contribution in [2.45, 2.75) is 12.5 Å². The molecular weight excluding hydrogens is 281 g/mol. The van der Waals surface area contributed by atoms with Crippen molar-refractivity contribution in [1.82, 2.24) is 9.97 Å². The van der Waals surface area contributed by atoms with Crippen LogP contribution in [0.25, 0.3) is 0 Å². The molecule has 4 nitrogen and oxygen atoms in total. The fourth-order valence-corrected chi connectivity index (χ4v) is 1.57. The minimum atomic E-state index is 0.147. The Balaban J connectivity index is 2.53. The highest BCUT2D eigenvalue weighted by atomic mass is 79.9. The number of aromatic nitrogens is 2. The molecular formula is C9H13BrClN3O. The number of anilines is 1. The van der Waals surface area contributed by atoms with Crippen LogP contribution < -0.4 is 5.32 Å². The van der Waals surface area contributed by atoms with Crippen molar-refractivity contribution in [2.75, 3.05) is 24.9 Å². The molecule has 0 saturated carbocycles. The lowest BCUT2D eigenvalue weighted by Gasteiger charge is -2.16. The minimum Gasteiger partial charge on any atom is -0.383 e. The third-order valence-corrected chi connectivity index (χ3v) is 2.41. The average Bonchev–Trinajstić information content (AvgIpc) is 2.22. The number of ether oxygens (including phenoxy) is 1. The summed E-state index contributed by atoms with van der Waals surface area (Å²) < 4.78 is 5.92. The molecule has 0 fully saturated rings. The molecule has 0 aliphatic heterocycles. The first-order chi connectivity index (χ1) is 7.26. The SMILES string of the molecule is COCC(CCCl)Nc1ncc(Br)cn1. The average molecular weight is 295 g/mol. The topological polar surface area (TPSA) is 47.0 Å².